The first-order valence-corrected chi connectivity index (χ1v) is 8.29. The van der Waals surface area contributed by atoms with Gasteiger partial charge in [-0.2, -0.15) is 0 Å². The number of ether oxygens (including phenoxy) is 6. The van der Waals surface area contributed by atoms with Crippen molar-refractivity contribution in [3.63, 3.8) is 0 Å². The van der Waals surface area contributed by atoms with Gasteiger partial charge in [-0.1, -0.05) is 6.07 Å². The molecule has 0 radical (unpaired) electrons. The molecule has 0 spiro atoms. The van der Waals surface area contributed by atoms with Crippen molar-refractivity contribution in [2.75, 3.05) is 35.5 Å². The van der Waals surface area contributed by atoms with Crippen LogP contribution in [-0.4, -0.2) is 47.4 Å². The highest BCUT2D eigenvalue weighted by atomic mass is 16.5. The fourth-order valence-corrected chi connectivity index (χ4v) is 3.16. The summed E-state index contributed by atoms with van der Waals surface area (Å²) in [5, 5.41) is 0. The van der Waals surface area contributed by atoms with Gasteiger partial charge in [0.25, 0.3) is 0 Å². The minimum absolute atomic E-state index is 0.224. The van der Waals surface area contributed by atoms with E-state index >= 15 is 0 Å². The number of rotatable bonds is 6. The second-order valence-electron chi connectivity index (χ2n) is 5.88. The van der Waals surface area contributed by atoms with Crippen molar-refractivity contribution < 1.29 is 33.2 Å². The van der Waals surface area contributed by atoms with Crippen LogP contribution in [0.3, 0.4) is 0 Å². The molecule has 1 aliphatic rings. The summed E-state index contributed by atoms with van der Waals surface area (Å²) in [7, 11) is 7.61. The molecule has 0 fully saturated rings. The fourth-order valence-electron chi connectivity index (χ4n) is 3.16. The minimum atomic E-state index is -0.835. The number of benzene rings is 2. The van der Waals surface area contributed by atoms with Gasteiger partial charge < -0.3 is 28.4 Å². The Bertz CT molecular complexity index is 846. The zero-order valence-corrected chi connectivity index (χ0v) is 15.9. The number of ketones is 1. The maximum atomic E-state index is 13.1. The van der Waals surface area contributed by atoms with E-state index in [1.54, 1.807) is 38.5 Å². The zero-order chi connectivity index (χ0) is 19.6. The summed E-state index contributed by atoms with van der Waals surface area (Å²) >= 11 is 0. The second kappa shape index (κ2) is 7.75. The van der Waals surface area contributed by atoms with E-state index in [1.165, 1.54) is 21.3 Å². The smallest absolute Gasteiger partial charge is 0.203 e. The van der Waals surface area contributed by atoms with E-state index < -0.39 is 12.2 Å². The standard InChI is InChI=1S/C20H22O7/c1-22-12-9-15(25-4)17-16(10-12)27-19(20(26-5)18(17)21)11-6-7-13(23-2)14(8-11)24-3/h6-10,19-20H,1-5H3/t19-,20-/m0/s1. The van der Waals surface area contributed by atoms with Gasteiger partial charge in [0.1, 0.15) is 22.8 Å². The Balaban J connectivity index is 2.10. The number of fused-ring (bicyclic) bond motifs is 1. The Kier molecular flexibility index (Phi) is 5.41. The van der Waals surface area contributed by atoms with Crippen LogP contribution in [0, 0.1) is 0 Å². The molecule has 0 aliphatic carbocycles. The summed E-state index contributed by atoms with van der Waals surface area (Å²) < 4.78 is 32.9. The van der Waals surface area contributed by atoms with Gasteiger partial charge in [-0.3, -0.25) is 4.79 Å². The van der Waals surface area contributed by atoms with Crippen LogP contribution in [0.1, 0.15) is 22.0 Å². The molecule has 1 heterocycles. The van der Waals surface area contributed by atoms with Gasteiger partial charge in [0.2, 0.25) is 5.78 Å². The summed E-state index contributed by atoms with van der Waals surface area (Å²) in [5.41, 5.74) is 1.06. The highest BCUT2D eigenvalue weighted by molar-refractivity contribution is 6.06. The molecule has 0 N–H and O–H groups in total. The van der Waals surface area contributed by atoms with Crippen molar-refractivity contribution in [3.05, 3.63) is 41.5 Å². The molecular weight excluding hydrogens is 352 g/mol. The largest absolute Gasteiger partial charge is 0.496 e. The predicted molar refractivity (Wildman–Crippen MR) is 97.6 cm³/mol. The Labute approximate surface area is 157 Å². The van der Waals surface area contributed by atoms with Crippen LogP contribution in [0.2, 0.25) is 0 Å². The van der Waals surface area contributed by atoms with Gasteiger partial charge in [-0.15, -0.1) is 0 Å². The fraction of sp³-hybridized carbons (Fsp3) is 0.350. The Hall–Kier alpha value is -2.93. The molecule has 7 heteroatoms. The van der Waals surface area contributed by atoms with Crippen molar-refractivity contribution in [1.82, 2.24) is 0 Å². The normalized spacial score (nSPS) is 18.3. The zero-order valence-electron chi connectivity index (χ0n) is 15.9. The number of carbonyl (C=O) groups excluding carboxylic acids is 1. The topological polar surface area (TPSA) is 72.5 Å². The molecular formula is C20H22O7. The summed E-state index contributed by atoms with van der Waals surface area (Å²) in [6.07, 6.45) is -1.50. The maximum Gasteiger partial charge on any atom is 0.203 e. The van der Waals surface area contributed by atoms with Crippen LogP contribution < -0.4 is 23.7 Å². The first-order valence-electron chi connectivity index (χ1n) is 8.29. The highest BCUT2D eigenvalue weighted by Gasteiger charge is 2.41. The predicted octanol–water partition coefficient (Wildman–Crippen LogP) is 3.05. The van der Waals surface area contributed by atoms with Crippen LogP contribution in [-0.2, 0) is 4.74 Å². The molecule has 3 rings (SSSR count). The SMILES string of the molecule is COc1cc(OC)c2c(c1)O[C@@H](c1ccc(OC)c(OC)c1)[C@@H](OC)C2=O. The lowest BCUT2D eigenvalue weighted by Crippen LogP contribution is -2.38. The van der Waals surface area contributed by atoms with Crippen molar-refractivity contribution in [2.24, 2.45) is 0 Å². The highest BCUT2D eigenvalue weighted by Crippen LogP contribution is 2.44. The third-order valence-corrected chi connectivity index (χ3v) is 4.52. The van der Waals surface area contributed by atoms with Gasteiger partial charge in [-0.05, 0) is 17.7 Å². The van der Waals surface area contributed by atoms with Crippen LogP contribution in [0.5, 0.6) is 28.7 Å². The molecule has 2 aromatic carbocycles. The van der Waals surface area contributed by atoms with E-state index in [-0.39, 0.29) is 5.78 Å². The number of methoxy groups -OCH3 is 5. The van der Waals surface area contributed by atoms with Crippen molar-refractivity contribution in [1.29, 1.82) is 0 Å². The van der Waals surface area contributed by atoms with Gasteiger partial charge in [0.15, 0.2) is 23.7 Å². The van der Waals surface area contributed by atoms with Crippen molar-refractivity contribution in [3.8, 4) is 28.7 Å². The third kappa shape index (κ3) is 3.26. The lowest BCUT2D eigenvalue weighted by molar-refractivity contribution is -0.00117. The van der Waals surface area contributed by atoms with E-state index in [0.29, 0.717) is 34.3 Å². The van der Waals surface area contributed by atoms with E-state index in [2.05, 4.69) is 0 Å². The van der Waals surface area contributed by atoms with Crippen LogP contribution in [0.4, 0.5) is 0 Å². The maximum absolute atomic E-state index is 13.1. The molecule has 0 bridgehead atoms. The molecule has 2 aromatic rings. The van der Waals surface area contributed by atoms with E-state index in [1.807, 2.05) is 6.07 Å². The lowest BCUT2D eigenvalue weighted by Gasteiger charge is -2.33. The molecule has 27 heavy (non-hydrogen) atoms. The second-order valence-corrected chi connectivity index (χ2v) is 5.88. The molecule has 0 amide bonds. The van der Waals surface area contributed by atoms with Crippen LogP contribution in [0.15, 0.2) is 30.3 Å². The number of Topliss-reactive ketones (excluding diaryl/α,β-unsaturated/α-hetero) is 1. The van der Waals surface area contributed by atoms with Crippen molar-refractivity contribution in [2.45, 2.75) is 12.2 Å². The van der Waals surface area contributed by atoms with E-state index in [0.717, 1.165) is 5.56 Å². The molecule has 0 aromatic heterocycles. The average molecular weight is 374 g/mol. The molecule has 1 aliphatic heterocycles. The minimum Gasteiger partial charge on any atom is -0.496 e. The van der Waals surface area contributed by atoms with Gasteiger partial charge in [0.05, 0.1) is 28.4 Å². The number of carbonyl (C=O) groups is 1. The Morgan fingerprint density at radius 1 is 0.815 bits per heavy atom. The van der Waals surface area contributed by atoms with Crippen molar-refractivity contribution >= 4 is 5.78 Å². The Morgan fingerprint density at radius 2 is 1.52 bits per heavy atom. The number of hydrogen-bond donors (Lipinski definition) is 0. The average Bonchev–Trinajstić information content (AvgIpc) is 2.71. The summed E-state index contributed by atoms with van der Waals surface area (Å²) in [4.78, 5) is 13.1. The van der Waals surface area contributed by atoms with E-state index in [4.69, 9.17) is 28.4 Å². The number of hydrogen-bond acceptors (Lipinski definition) is 7. The molecule has 144 valence electrons. The van der Waals surface area contributed by atoms with Gasteiger partial charge in [-0.25, -0.2) is 0 Å². The van der Waals surface area contributed by atoms with Crippen LogP contribution >= 0.6 is 0 Å². The van der Waals surface area contributed by atoms with Gasteiger partial charge in [0, 0.05) is 19.2 Å². The monoisotopic (exact) mass is 374 g/mol. The quantitative estimate of drug-likeness (QED) is 0.769. The van der Waals surface area contributed by atoms with Crippen LogP contribution in [0.25, 0.3) is 0 Å². The summed E-state index contributed by atoms with van der Waals surface area (Å²) in [6, 6.07) is 8.65. The van der Waals surface area contributed by atoms with Gasteiger partial charge >= 0.3 is 0 Å². The lowest BCUT2D eigenvalue weighted by atomic mass is 9.92. The summed E-state index contributed by atoms with van der Waals surface area (Å²) in [5.74, 6) is 2.18. The first kappa shape index (κ1) is 18.8. The molecule has 0 saturated carbocycles. The first-order chi connectivity index (χ1) is 13.1. The third-order valence-electron chi connectivity index (χ3n) is 4.52. The molecule has 2 atom stereocenters. The van der Waals surface area contributed by atoms with E-state index in [9.17, 15) is 4.79 Å². The molecule has 0 unspecified atom stereocenters. The summed E-state index contributed by atoms with van der Waals surface area (Å²) in [6.45, 7) is 0. The Morgan fingerprint density at radius 3 is 2.11 bits per heavy atom. The molecule has 7 nitrogen and oxygen atoms in total. The molecule has 0 saturated heterocycles.